The zero-order chi connectivity index (χ0) is 24.6. The normalized spacial score (nSPS) is 15.0. The van der Waals surface area contributed by atoms with E-state index in [-0.39, 0.29) is 19.0 Å². The number of benzene rings is 1. The SMILES string of the molecule is NC(=O)CN1C(=O)CCN1C(=O)C=Cn1cnc(-c2cc(C(F)(F)F)cc(C(F)(F)F)c2)n1. The second-order valence-corrected chi connectivity index (χ2v) is 6.79. The number of primary amides is 1. The minimum Gasteiger partial charge on any atom is -0.368 e. The van der Waals surface area contributed by atoms with Gasteiger partial charge in [-0.2, -0.15) is 26.3 Å². The van der Waals surface area contributed by atoms with Gasteiger partial charge in [0.15, 0.2) is 5.82 Å². The van der Waals surface area contributed by atoms with Crippen molar-refractivity contribution in [3.8, 4) is 11.4 Å². The smallest absolute Gasteiger partial charge is 0.368 e. The van der Waals surface area contributed by atoms with Crippen molar-refractivity contribution in [2.45, 2.75) is 18.8 Å². The molecule has 2 heterocycles. The Bertz CT molecular complexity index is 1090. The van der Waals surface area contributed by atoms with Gasteiger partial charge in [0.2, 0.25) is 11.8 Å². The van der Waals surface area contributed by atoms with Gasteiger partial charge in [0.1, 0.15) is 12.9 Å². The van der Waals surface area contributed by atoms with Crippen LogP contribution in [0.4, 0.5) is 26.3 Å². The first-order valence-electron chi connectivity index (χ1n) is 9.05. The summed E-state index contributed by atoms with van der Waals surface area (Å²) in [5.41, 5.74) is 1.46. The molecular formula is C18H14F6N6O3. The van der Waals surface area contributed by atoms with Crippen molar-refractivity contribution in [1.82, 2.24) is 24.8 Å². The average Bonchev–Trinajstić information content (AvgIpc) is 3.31. The van der Waals surface area contributed by atoms with Crippen molar-refractivity contribution >= 4 is 23.9 Å². The molecule has 2 aromatic rings. The minimum atomic E-state index is -5.03. The average molecular weight is 476 g/mol. The van der Waals surface area contributed by atoms with Crippen molar-refractivity contribution in [2.75, 3.05) is 13.1 Å². The molecule has 3 rings (SSSR count). The maximum Gasteiger partial charge on any atom is 0.416 e. The lowest BCUT2D eigenvalue weighted by Gasteiger charge is -2.25. The van der Waals surface area contributed by atoms with Crippen molar-refractivity contribution in [3.05, 3.63) is 41.7 Å². The summed E-state index contributed by atoms with van der Waals surface area (Å²) in [6.45, 7) is -0.523. The molecule has 0 aliphatic carbocycles. The molecular weight excluding hydrogens is 462 g/mol. The predicted octanol–water partition coefficient (Wildman–Crippen LogP) is 1.91. The van der Waals surface area contributed by atoms with Crippen LogP contribution >= 0.6 is 0 Å². The van der Waals surface area contributed by atoms with Crippen LogP contribution in [0.25, 0.3) is 17.6 Å². The van der Waals surface area contributed by atoms with Gasteiger partial charge in [0.25, 0.3) is 5.91 Å². The Balaban J connectivity index is 1.84. The Hall–Kier alpha value is -3.91. The molecule has 1 saturated heterocycles. The summed E-state index contributed by atoms with van der Waals surface area (Å²) in [6.07, 6.45) is -7.18. The summed E-state index contributed by atoms with van der Waals surface area (Å²) in [5, 5.41) is 5.59. The fraction of sp³-hybridized carbons (Fsp3) is 0.278. The van der Waals surface area contributed by atoms with E-state index in [1.54, 1.807) is 0 Å². The summed E-state index contributed by atoms with van der Waals surface area (Å²) in [6, 6.07) is 0.927. The molecule has 3 amide bonds. The van der Waals surface area contributed by atoms with E-state index >= 15 is 0 Å². The Morgan fingerprint density at radius 1 is 1.06 bits per heavy atom. The summed E-state index contributed by atoms with van der Waals surface area (Å²) >= 11 is 0. The van der Waals surface area contributed by atoms with Crippen LogP contribution in [-0.4, -0.2) is 55.6 Å². The van der Waals surface area contributed by atoms with Gasteiger partial charge in [0, 0.05) is 24.3 Å². The number of alkyl halides is 6. The fourth-order valence-electron chi connectivity index (χ4n) is 2.93. The Morgan fingerprint density at radius 2 is 1.67 bits per heavy atom. The first-order valence-corrected chi connectivity index (χ1v) is 9.05. The molecule has 9 nitrogen and oxygen atoms in total. The molecule has 0 saturated carbocycles. The molecule has 0 radical (unpaired) electrons. The largest absolute Gasteiger partial charge is 0.416 e. The zero-order valence-electron chi connectivity index (χ0n) is 16.4. The molecule has 0 atom stereocenters. The van der Waals surface area contributed by atoms with Crippen LogP contribution in [-0.2, 0) is 26.7 Å². The van der Waals surface area contributed by atoms with E-state index in [1.807, 2.05) is 0 Å². The van der Waals surface area contributed by atoms with Crippen molar-refractivity contribution in [2.24, 2.45) is 5.73 Å². The molecule has 1 aliphatic rings. The number of rotatable bonds is 5. The van der Waals surface area contributed by atoms with Gasteiger partial charge in [-0.25, -0.2) is 19.7 Å². The van der Waals surface area contributed by atoms with Crippen LogP contribution in [0.1, 0.15) is 17.5 Å². The molecule has 0 bridgehead atoms. The lowest BCUT2D eigenvalue weighted by Crippen LogP contribution is -2.46. The minimum absolute atomic E-state index is 0.0116. The number of aromatic nitrogens is 3. The molecule has 0 spiro atoms. The molecule has 15 heteroatoms. The molecule has 1 aromatic carbocycles. The molecule has 0 unspecified atom stereocenters. The Kier molecular flexibility index (Phi) is 6.16. The monoisotopic (exact) mass is 476 g/mol. The van der Waals surface area contributed by atoms with E-state index in [1.165, 1.54) is 0 Å². The standard InChI is InChI=1S/C18H14F6N6O3/c19-17(20,21)11-5-10(6-12(7-11)18(22,23)24)16-26-9-28(27-16)3-1-14(32)29-4-2-15(33)30(29)8-13(25)31/h1,3,5-7,9H,2,4,8H2,(H2,25,31). The molecule has 1 fully saturated rings. The van der Waals surface area contributed by atoms with Crippen LogP contribution in [0.5, 0.6) is 0 Å². The summed E-state index contributed by atoms with van der Waals surface area (Å²) in [4.78, 5) is 38.8. The number of hydrogen-bond donors (Lipinski definition) is 1. The molecule has 1 aromatic heterocycles. The number of nitrogens with two attached hydrogens (primary N) is 1. The van der Waals surface area contributed by atoms with Crippen LogP contribution in [0.15, 0.2) is 30.6 Å². The number of nitrogens with zero attached hydrogens (tertiary/aromatic N) is 5. The van der Waals surface area contributed by atoms with Gasteiger partial charge in [-0.1, -0.05) is 0 Å². The van der Waals surface area contributed by atoms with E-state index in [0.29, 0.717) is 12.1 Å². The van der Waals surface area contributed by atoms with Crippen LogP contribution < -0.4 is 5.73 Å². The Morgan fingerprint density at radius 3 is 2.21 bits per heavy atom. The van der Waals surface area contributed by atoms with Gasteiger partial charge in [0.05, 0.1) is 17.7 Å². The zero-order valence-corrected chi connectivity index (χ0v) is 16.4. The number of hydrazine groups is 1. The second-order valence-electron chi connectivity index (χ2n) is 6.79. The number of halogens is 6. The van der Waals surface area contributed by atoms with Crippen LogP contribution in [0.2, 0.25) is 0 Å². The number of carbonyl (C=O) groups excluding carboxylic acids is 3. The van der Waals surface area contributed by atoms with Crippen molar-refractivity contribution < 1.29 is 40.7 Å². The van der Waals surface area contributed by atoms with Gasteiger partial charge in [-0.05, 0) is 18.2 Å². The highest BCUT2D eigenvalue weighted by atomic mass is 19.4. The lowest BCUT2D eigenvalue weighted by atomic mass is 10.0. The van der Waals surface area contributed by atoms with Crippen molar-refractivity contribution in [3.63, 3.8) is 0 Å². The molecule has 176 valence electrons. The lowest BCUT2D eigenvalue weighted by molar-refractivity contribution is -0.152. The summed E-state index contributed by atoms with van der Waals surface area (Å²) in [5.74, 6) is -2.52. The fourth-order valence-corrected chi connectivity index (χ4v) is 2.93. The summed E-state index contributed by atoms with van der Waals surface area (Å²) in [7, 11) is 0. The number of amides is 3. The first-order chi connectivity index (χ1) is 15.3. The first kappa shape index (κ1) is 23.7. The van der Waals surface area contributed by atoms with E-state index in [9.17, 15) is 40.7 Å². The second kappa shape index (κ2) is 8.55. The summed E-state index contributed by atoms with van der Waals surface area (Å²) < 4.78 is 79.1. The maximum atomic E-state index is 13.0. The quantitative estimate of drug-likeness (QED) is 0.523. The van der Waals surface area contributed by atoms with E-state index < -0.39 is 59.1 Å². The van der Waals surface area contributed by atoms with Gasteiger partial charge < -0.3 is 5.73 Å². The van der Waals surface area contributed by atoms with Crippen LogP contribution in [0, 0.1) is 0 Å². The Labute approximate surface area is 181 Å². The third kappa shape index (κ3) is 5.48. The van der Waals surface area contributed by atoms with Gasteiger partial charge in [-0.15, -0.1) is 5.10 Å². The topological polar surface area (TPSA) is 114 Å². The van der Waals surface area contributed by atoms with Gasteiger partial charge in [-0.3, -0.25) is 14.4 Å². The maximum absolute atomic E-state index is 13.0. The van der Waals surface area contributed by atoms with Crippen LogP contribution in [0.3, 0.4) is 0 Å². The molecule has 1 aliphatic heterocycles. The predicted molar refractivity (Wildman–Crippen MR) is 98.0 cm³/mol. The highest BCUT2D eigenvalue weighted by molar-refractivity contribution is 5.94. The number of carbonyl (C=O) groups is 3. The van der Waals surface area contributed by atoms with Gasteiger partial charge >= 0.3 is 12.4 Å². The molecule has 33 heavy (non-hydrogen) atoms. The number of hydrogen-bond acceptors (Lipinski definition) is 5. The highest BCUT2D eigenvalue weighted by Gasteiger charge is 2.37. The third-order valence-electron chi connectivity index (χ3n) is 4.40. The van der Waals surface area contributed by atoms with Crippen molar-refractivity contribution in [1.29, 1.82) is 0 Å². The van der Waals surface area contributed by atoms with E-state index in [4.69, 9.17) is 5.73 Å². The molecule has 2 N–H and O–H groups in total. The third-order valence-corrected chi connectivity index (χ3v) is 4.40. The van der Waals surface area contributed by atoms with E-state index in [2.05, 4.69) is 10.1 Å². The van der Waals surface area contributed by atoms with E-state index in [0.717, 1.165) is 33.3 Å². The highest BCUT2D eigenvalue weighted by Crippen LogP contribution is 2.38.